The molecule has 10 nitrogen and oxygen atoms in total. The van der Waals surface area contributed by atoms with E-state index in [1.807, 2.05) is 44.2 Å². The van der Waals surface area contributed by atoms with Crippen LogP contribution in [-0.4, -0.2) is 41.1 Å². The number of ether oxygens (including phenoxy) is 1. The Bertz CT molecular complexity index is 1870. The van der Waals surface area contributed by atoms with Gasteiger partial charge in [0.25, 0.3) is 11.5 Å². The molecule has 0 aliphatic carbocycles. The van der Waals surface area contributed by atoms with Gasteiger partial charge < -0.3 is 25.7 Å². The second kappa shape index (κ2) is 12.7. The van der Waals surface area contributed by atoms with Gasteiger partial charge in [0.2, 0.25) is 5.91 Å². The number of carbonyl (C=O) groups excluding carboxylic acids is 2. The first-order valence-electron chi connectivity index (χ1n) is 14.3. The van der Waals surface area contributed by atoms with Crippen LogP contribution in [0.15, 0.2) is 64.3 Å². The molecule has 5 rings (SSSR count). The number of halogens is 1. The average Bonchev–Trinajstić information content (AvgIpc) is 3.01. The SMILES string of the molecule is COc1cc(-c2cccc(-c3cccc(NC(=O)c4c[nH]c(=O)n(C)c4=O)c3C)c2C)cc(F)c1CNC1CCC(=O)NC1. The Morgan fingerprint density at radius 2 is 1.75 bits per heavy atom. The van der Waals surface area contributed by atoms with E-state index in [0.29, 0.717) is 42.0 Å². The second-order valence-electron chi connectivity index (χ2n) is 10.8. The Hall–Kier alpha value is -5.03. The molecule has 0 saturated carbocycles. The zero-order valence-corrected chi connectivity index (χ0v) is 25.0. The molecule has 3 aromatic carbocycles. The predicted molar refractivity (Wildman–Crippen MR) is 166 cm³/mol. The maximum Gasteiger partial charge on any atom is 0.328 e. The van der Waals surface area contributed by atoms with Crippen LogP contribution < -0.4 is 31.9 Å². The lowest BCUT2D eigenvalue weighted by atomic mass is 9.90. The molecule has 4 aromatic rings. The molecule has 1 fully saturated rings. The quantitative estimate of drug-likeness (QED) is 0.244. The van der Waals surface area contributed by atoms with E-state index in [2.05, 4.69) is 20.9 Å². The van der Waals surface area contributed by atoms with Crippen molar-refractivity contribution in [3.8, 4) is 28.0 Å². The van der Waals surface area contributed by atoms with Crippen molar-refractivity contribution in [2.24, 2.45) is 7.05 Å². The van der Waals surface area contributed by atoms with Crippen molar-refractivity contribution in [3.63, 3.8) is 0 Å². The number of hydrogen-bond donors (Lipinski definition) is 4. The molecule has 0 radical (unpaired) electrons. The van der Waals surface area contributed by atoms with E-state index >= 15 is 4.39 Å². The summed E-state index contributed by atoms with van der Waals surface area (Å²) in [5.74, 6) is -0.589. The molecule has 1 unspecified atom stereocenters. The first-order chi connectivity index (χ1) is 21.1. The lowest BCUT2D eigenvalue weighted by Gasteiger charge is -2.24. The van der Waals surface area contributed by atoms with Crippen molar-refractivity contribution in [3.05, 3.63) is 104 Å². The lowest BCUT2D eigenvalue weighted by Crippen LogP contribution is -2.45. The van der Waals surface area contributed by atoms with Gasteiger partial charge >= 0.3 is 5.69 Å². The molecule has 1 aliphatic rings. The van der Waals surface area contributed by atoms with Gasteiger partial charge in [-0.25, -0.2) is 9.18 Å². The molecule has 44 heavy (non-hydrogen) atoms. The maximum atomic E-state index is 15.5. The van der Waals surface area contributed by atoms with Crippen LogP contribution in [0.25, 0.3) is 22.3 Å². The number of methoxy groups -OCH3 is 1. The van der Waals surface area contributed by atoms with Gasteiger partial charge in [0.05, 0.1) is 7.11 Å². The molecule has 1 atom stereocenters. The molecule has 0 bridgehead atoms. The zero-order valence-electron chi connectivity index (χ0n) is 25.0. The van der Waals surface area contributed by atoms with Crippen molar-refractivity contribution in [2.75, 3.05) is 19.0 Å². The van der Waals surface area contributed by atoms with Crippen LogP contribution in [0.4, 0.5) is 10.1 Å². The third-order valence-electron chi connectivity index (χ3n) is 8.15. The fourth-order valence-corrected chi connectivity index (χ4v) is 5.49. The molecule has 2 amide bonds. The molecule has 228 valence electrons. The minimum Gasteiger partial charge on any atom is -0.496 e. The van der Waals surface area contributed by atoms with E-state index in [9.17, 15) is 19.2 Å². The highest BCUT2D eigenvalue weighted by molar-refractivity contribution is 6.04. The van der Waals surface area contributed by atoms with Gasteiger partial charge in [0.1, 0.15) is 17.1 Å². The zero-order chi connectivity index (χ0) is 31.5. The number of anilines is 1. The molecule has 1 aliphatic heterocycles. The monoisotopic (exact) mass is 599 g/mol. The van der Waals surface area contributed by atoms with Crippen molar-refractivity contribution in [1.29, 1.82) is 0 Å². The van der Waals surface area contributed by atoms with Crippen LogP contribution in [0.2, 0.25) is 0 Å². The van der Waals surface area contributed by atoms with Crippen LogP contribution in [0.1, 0.15) is 39.9 Å². The molecular weight excluding hydrogens is 565 g/mol. The Morgan fingerprint density at radius 1 is 1.05 bits per heavy atom. The number of aromatic nitrogens is 2. The molecule has 1 saturated heterocycles. The third kappa shape index (κ3) is 6.04. The molecule has 11 heteroatoms. The van der Waals surface area contributed by atoms with E-state index in [1.54, 1.807) is 12.1 Å². The van der Waals surface area contributed by atoms with Crippen molar-refractivity contribution in [1.82, 2.24) is 20.2 Å². The Kier molecular flexibility index (Phi) is 8.77. The Morgan fingerprint density at radius 3 is 2.45 bits per heavy atom. The largest absolute Gasteiger partial charge is 0.496 e. The van der Waals surface area contributed by atoms with Gasteiger partial charge in [-0.1, -0.05) is 30.3 Å². The smallest absolute Gasteiger partial charge is 0.328 e. The first-order valence-corrected chi connectivity index (χ1v) is 14.3. The number of nitrogens with zero attached hydrogens (tertiary/aromatic N) is 1. The number of hydrogen-bond acceptors (Lipinski definition) is 6. The Labute approximate surface area is 253 Å². The van der Waals surface area contributed by atoms with E-state index in [4.69, 9.17) is 4.74 Å². The minimum absolute atomic E-state index is 0.0262. The number of nitrogens with one attached hydrogen (secondary N) is 4. The van der Waals surface area contributed by atoms with E-state index in [1.165, 1.54) is 20.2 Å². The molecular formula is C33H34FN5O5. The van der Waals surface area contributed by atoms with Crippen molar-refractivity contribution >= 4 is 17.5 Å². The number of carbonyl (C=O) groups is 2. The minimum atomic E-state index is -0.699. The highest BCUT2D eigenvalue weighted by Gasteiger charge is 2.21. The molecule has 1 aromatic heterocycles. The highest BCUT2D eigenvalue weighted by atomic mass is 19.1. The summed E-state index contributed by atoms with van der Waals surface area (Å²) in [6.45, 7) is 4.58. The number of H-pyrrole nitrogens is 1. The lowest BCUT2D eigenvalue weighted by molar-refractivity contribution is -0.122. The summed E-state index contributed by atoms with van der Waals surface area (Å²) in [5, 5.41) is 8.93. The summed E-state index contributed by atoms with van der Waals surface area (Å²) < 4.78 is 22.0. The number of benzene rings is 3. The van der Waals surface area contributed by atoms with Crippen LogP contribution in [0.5, 0.6) is 5.75 Å². The summed E-state index contributed by atoms with van der Waals surface area (Å²) in [7, 11) is 2.81. The number of piperidine rings is 1. The summed E-state index contributed by atoms with van der Waals surface area (Å²) >= 11 is 0. The topological polar surface area (TPSA) is 134 Å². The summed E-state index contributed by atoms with van der Waals surface area (Å²) in [5.41, 5.74) is 4.31. The van der Waals surface area contributed by atoms with E-state index in [-0.39, 0.29) is 24.1 Å². The molecule has 0 spiro atoms. The van der Waals surface area contributed by atoms with E-state index in [0.717, 1.165) is 38.6 Å². The third-order valence-corrected chi connectivity index (χ3v) is 8.15. The average molecular weight is 600 g/mol. The van der Waals surface area contributed by atoms with Crippen molar-refractivity contribution in [2.45, 2.75) is 39.3 Å². The summed E-state index contributed by atoms with van der Waals surface area (Å²) in [6.07, 6.45) is 2.24. The second-order valence-corrected chi connectivity index (χ2v) is 10.8. The first kappa shape index (κ1) is 30.4. The summed E-state index contributed by atoms with van der Waals surface area (Å²) in [6, 6.07) is 14.6. The van der Waals surface area contributed by atoms with Gasteiger partial charge in [0, 0.05) is 50.0 Å². The molecule has 2 heterocycles. The molecule has 4 N–H and O–H groups in total. The highest BCUT2D eigenvalue weighted by Crippen LogP contribution is 2.37. The summed E-state index contributed by atoms with van der Waals surface area (Å²) in [4.78, 5) is 50.9. The maximum absolute atomic E-state index is 15.5. The van der Waals surface area contributed by atoms with Crippen LogP contribution in [0, 0.1) is 19.7 Å². The standard InChI is InChI=1S/C33H34FN5O5/c1-18-22(20-13-27(34)25(29(14-20)44-4)16-35-21-11-12-30(40)36-15-21)7-5-8-23(18)24-9-6-10-28(19(24)2)38-31(41)26-17-37-33(43)39(3)32(26)42/h5-10,13-14,17,21,35H,11-12,15-16H2,1-4H3,(H,36,40)(H,37,43)(H,38,41). The predicted octanol–water partition coefficient (Wildman–Crippen LogP) is 3.79. The van der Waals surface area contributed by atoms with Gasteiger partial charge in [-0.05, 0) is 71.8 Å². The van der Waals surface area contributed by atoms with E-state index < -0.39 is 23.0 Å². The van der Waals surface area contributed by atoms with Gasteiger partial charge in [0.15, 0.2) is 0 Å². The number of aromatic amines is 1. The fourth-order valence-electron chi connectivity index (χ4n) is 5.49. The van der Waals surface area contributed by atoms with Gasteiger partial charge in [-0.3, -0.25) is 19.0 Å². The van der Waals surface area contributed by atoms with Gasteiger partial charge in [-0.15, -0.1) is 0 Å². The van der Waals surface area contributed by atoms with Crippen molar-refractivity contribution < 1.29 is 18.7 Å². The number of amides is 2. The van der Waals surface area contributed by atoms with Gasteiger partial charge in [-0.2, -0.15) is 0 Å². The normalized spacial score (nSPS) is 14.7. The Balaban J connectivity index is 1.43. The number of rotatable bonds is 8. The van der Waals surface area contributed by atoms with Crippen LogP contribution in [0.3, 0.4) is 0 Å². The fraction of sp³-hybridized carbons (Fsp3) is 0.273. The van der Waals surface area contributed by atoms with Crippen LogP contribution in [-0.2, 0) is 18.4 Å². The van der Waals surface area contributed by atoms with Crippen LogP contribution >= 0.6 is 0 Å².